The van der Waals surface area contributed by atoms with Crippen LogP contribution in [0.25, 0.3) is 6.08 Å². The lowest BCUT2D eigenvalue weighted by atomic mass is 10.1. The number of hydrogen-bond donors (Lipinski definition) is 1. The Morgan fingerprint density at radius 1 is 1.38 bits per heavy atom. The van der Waals surface area contributed by atoms with E-state index in [1.807, 2.05) is 6.07 Å². The largest absolute Gasteiger partial charge is 0.380 e. The van der Waals surface area contributed by atoms with Crippen molar-refractivity contribution in [3.8, 4) is 0 Å². The summed E-state index contributed by atoms with van der Waals surface area (Å²) in [5.74, 6) is 0. The first-order valence-corrected chi connectivity index (χ1v) is 6.50. The number of rotatable bonds is 6. The Balaban J connectivity index is 2.31. The third kappa shape index (κ3) is 3.32. The van der Waals surface area contributed by atoms with E-state index < -0.39 is 0 Å². The third-order valence-electron chi connectivity index (χ3n) is 2.93. The van der Waals surface area contributed by atoms with Crippen molar-refractivity contribution < 1.29 is 4.79 Å². The number of anilines is 1. The summed E-state index contributed by atoms with van der Waals surface area (Å²) in [6.45, 7) is 4.03. The van der Waals surface area contributed by atoms with Crippen LogP contribution in [0.2, 0.25) is 5.15 Å². The molecule has 0 spiro atoms. The molecule has 1 N–H and O–H groups in total. The van der Waals surface area contributed by atoms with Crippen molar-refractivity contribution in [1.29, 1.82) is 0 Å². The normalized spacial score (nSPS) is 9.95. The molecule has 1 aromatic heterocycles. The van der Waals surface area contributed by atoms with E-state index in [9.17, 15) is 9.70 Å². The lowest BCUT2D eigenvalue weighted by molar-refractivity contribution is 0.111. The minimum absolute atomic E-state index is 0.201. The standard InChI is InChI=1S/C15H12ClN3O2/c1-2-11-13(7-15(16)18-14(11)9-20)17-8-10-5-3-4-6-12(10)19-21/h2-7,9H,1,8H2,(H,17,18). The van der Waals surface area contributed by atoms with E-state index in [0.717, 1.165) is 5.56 Å². The van der Waals surface area contributed by atoms with Gasteiger partial charge in [0.25, 0.3) is 0 Å². The Hall–Kier alpha value is -2.53. The second-order valence-electron chi connectivity index (χ2n) is 4.19. The van der Waals surface area contributed by atoms with Gasteiger partial charge in [0.05, 0.1) is 0 Å². The van der Waals surface area contributed by atoms with E-state index in [4.69, 9.17) is 11.6 Å². The summed E-state index contributed by atoms with van der Waals surface area (Å²) in [5, 5.41) is 6.29. The van der Waals surface area contributed by atoms with Gasteiger partial charge in [-0.2, -0.15) is 0 Å². The molecule has 0 atom stereocenters. The molecule has 0 saturated heterocycles. The smallest absolute Gasteiger partial charge is 0.169 e. The Labute approximate surface area is 126 Å². The first-order valence-electron chi connectivity index (χ1n) is 6.13. The summed E-state index contributed by atoms with van der Waals surface area (Å²) in [6, 6.07) is 8.58. The van der Waals surface area contributed by atoms with Crippen LogP contribution in [0.4, 0.5) is 11.4 Å². The maximum absolute atomic E-state index is 11.0. The van der Waals surface area contributed by atoms with Crippen molar-refractivity contribution in [3.63, 3.8) is 0 Å². The molecule has 0 unspecified atom stereocenters. The van der Waals surface area contributed by atoms with Gasteiger partial charge in [0.2, 0.25) is 0 Å². The fourth-order valence-electron chi connectivity index (χ4n) is 1.93. The number of aromatic nitrogens is 1. The summed E-state index contributed by atoms with van der Waals surface area (Å²) in [6.07, 6.45) is 2.15. The minimum Gasteiger partial charge on any atom is -0.380 e. The van der Waals surface area contributed by atoms with Crippen molar-refractivity contribution in [1.82, 2.24) is 4.98 Å². The summed E-state index contributed by atoms with van der Waals surface area (Å²) in [7, 11) is 0. The van der Waals surface area contributed by atoms with Gasteiger partial charge >= 0.3 is 0 Å². The van der Waals surface area contributed by atoms with Crippen LogP contribution in [0.3, 0.4) is 0 Å². The Morgan fingerprint density at radius 3 is 2.81 bits per heavy atom. The number of hydrogen-bond acceptors (Lipinski definition) is 5. The number of aldehydes is 1. The van der Waals surface area contributed by atoms with Crippen molar-refractivity contribution in [2.75, 3.05) is 5.32 Å². The van der Waals surface area contributed by atoms with E-state index in [2.05, 4.69) is 22.1 Å². The van der Waals surface area contributed by atoms with Crippen molar-refractivity contribution >= 4 is 35.3 Å². The van der Waals surface area contributed by atoms with Gasteiger partial charge in [-0.05, 0) is 17.3 Å². The number of benzene rings is 1. The van der Waals surface area contributed by atoms with Gasteiger partial charge < -0.3 is 5.32 Å². The molecule has 0 aliphatic carbocycles. The zero-order valence-corrected chi connectivity index (χ0v) is 11.8. The highest BCUT2D eigenvalue weighted by atomic mass is 35.5. The second kappa shape index (κ2) is 6.76. The van der Waals surface area contributed by atoms with Crippen LogP contribution in [-0.4, -0.2) is 11.3 Å². The Bertz CT molecular complexity index is 701. The van der Waals surface area contributed by atoms with E-state index >= 15 is 0 Å². The van der Waals surface area contributed by atoms with Crippen LogP contribution in [0.1, 0.15) is 21.6 Å². The highest BCUT2D eigenvalue weighted by molar-refractivity contribution is 6.29. The van der Waals surface area contributed by atoms with Crippen LogP contribution in [0.15, 0.2) is 42.1 Å². The summed E-state index contributed by atoms with van der Waals surface area (Å²) >= 11 is 5.89. The highest BCUT2D eigenvalue weighted by Gasteiger charge is 2.10. The topological polar surface area (TPSA) is 71.4 Å². The van der Waals surface area contributed by atoms with Gasteiger partial charge in [-0.1, -0.05) is 42.5 Å². The molecule has 0 amide bonds. The van der Waals surface area contributed by atoms with Crippen LogP contribution in [0, 0.1) is 4.91 Å². The Morgan fingerprint density at radius 2 is 2.14 bits per heavy atom. The zero-order valence-electron chi connectivity index (χ0n) is 11.0. The SMILES string of the molecule is C=Cc1c(NCc2ccccc2N=O)cc(Cl)nc1C=O. The van der Waals surface area contributed by atoms with Crippen molar-refractivity contribution in [3.05, 3.63) is 63.8 Å². The molecule has 2 aromatic rings. The summed E-state index contributed by atoms with van der Waals surface area (Å²) < 4.78 is 0. The number of halogens is 1. The molecule has 106 valence electrons. The molecule has 21 heavy (non-hydrogen) atoms. The average molecular weight is 302 g/mol. The third-order valence-corrected chi connectivity index (χ3v) is 3.13. The van der Waals surface area contributed by atoms with Crippen LogP contribution < -0.4 is 5.32 Å². The van der Waals surface area contributed by atoms with Gasteiger partial charge in [-0.15, -0.1) is 4.91 Å². The van der Waals surface area contributed by atoms with Crippen molar-refractivity contribution in [2.45, 2.75) is 6.54 Å². The van der Waals surface area contributed by atoms with Crippen molar-refractivity contribution in [2.24, 2.45) is 5.18 Å². The van der Waals surface area contributed by atoms with Crippen LogP contribution >= 0.6 is 11.6 Å². The lowest BCUT2D eigenvalue weighted by Gasteiger charge is -2.12. The molecule has 0 saturated carbocycles. The zero-order chi connectivity index (χ0) is 15.2. The maximum atomic E-state index is 11.0. The van der Waals surface area contributed by atoms with Gasteiger partial charge in [0.1, 0.15) is 16.5 Å². The fraction of sp³-hybridized carbons (Fsp3) is 0.0667. The monoisotopic (exact) mass is 301 g/mol. The van der Waals surface area contributed by atoms with E-state index in [0.29, 0.717) is 29.8 Å². The average Bonchev–Trinajstić information content (AvgIpc) is 2.52. The molecule has 0 fully saturated rings. The number of nitrogens with one attached hydrogen (secondary N) is 1. The molecular weight excluding hydrogens is 290 g/mol. The van der Waals surface area contributed by atoms with Gasteiger partial charge in [0.15, 0.2) is 6.29 Å². The van der Waals surface area contributed by atoms with Crippen LogP contribution in [0.5, 0.6) is 0 Å². The molecule has 1 aromatic carbocycles. The lowest BCUT2D eigenvalue weighted by Crippen LogP contribution is -2.04. The summed E-state index contributed by atoms with van der Waals surface area (Å²) in [5.41, 5.74) is 2.49. The molecular formula is C15H12ClN3O2. The molecule has 6 heteroatoms. The predicted molar refractivity (Wildman–Crippen MR) is 83.9 cm³/mol. The maximum Gasteiger partial charge on any atom is 0.169 e. The first kappa shape index (κ1) is 14.9. The molecule has 0 aliphatic heterocycles. The molecule has 5 nitrogen and oxygen atoms in total. The van der Waals surface area contributed by atoms with Gasteiger partial charge in [0, 0.05) is 23.4 Å². The number of carbonyl (C=O) groups excluding carboxylic acids is 1. The van der Waals surface area contributed by atoms with Gasteiger partial charge in [-0.3, -0.25) is 4.79 Å². The van der Waals surface area contributed by atoms with Gasteiger partial charge in [-0.25, -0.2) is 4.98 Å². The van der Waals surface area contributed by atoms with E-state index in [-0.39, 0.29) is 10.8 Å². The number of carbonyl (C=O) groups is 1. The molecule has 1 heterocycles. The molecule has 0 bridgehead atoms. The highest BCUT2D eigenvalue weighted by Crippen LogP contribution is 2.25. The number of pyridine rings is 1. The molecule has 0 aliphatic rings. The minimum atomic E-state index is 0.201. The number of nitrogens with zero attached hydrogens (tertiary/aromatic N) is 2. The summed E-state index contributed by atoms with van der Waals surface area (Å²) in [4.78, 5) is 25.7. The molecule has 2 rings (SSSR count). The Kier molecular flexibility index (Phi) is 4.79. The van der Waals surface area contributed by atoms with E-state index in [1.165, 1.54) is 6.08 Å². The molecule has 0 radical (unpaired) electrons. The first-order chi connectivity index (χ1) is 10.2. The predicted octanol–water partition coefficient (Wildman–Crippen LogP) is 4.20. The van der Waals surface area contributed by atoms with E-state index in [1.54, 1.807) is 24.3 Å². The quantitative estimate of drug-likeness (QED) is 0.493. The number of nitroso groups, excluding NO2 is 1. The fourth-order valence-corrected chi connectivity index (χ4v) is 2.13. The van der Waals surface area contributed by atoms with Crippen LogP contribution in [-0.2, 0) is 6.54 Å². The second-order valence-corrected chi connectivity index (χ2v) is 4.57.